The van der Waals surface area contributed by atoms with Crippen molar-refractivity contribution in [2.45, 2.75) is 76.6 Å². The fraction of sp³-hybridized carbons (Fsp3) is 0.472. The number of alkyl halides is 9. The predicted octanol–water partition coefficient (Wildman–Crippen LogP) is 5.62. The molecule has 0 unspecified atom stereocenters. The van der Waals surface area contributed by atoms with E-state index in [2.05, 4.69) is 41.1 Å². The number of imidazole rings is 1. The van der Waals surface area contributed by atoms with Gasteiger partial charge in [0, 0.05) is 67.2 Å². The highest BCUT2D eigenvalue weighted by molar-refractivity contribution is 6.04. The van der Waals surface area contributed by atoms with Crippen LogP contribution in [0.3, 0.4) is 0 Å². The summed E-state index contributed by atoms with van der Waals surface area (Å²) in [7, 11) is 1.15. The number of fused-ring (bicyclic) bond motifs is 2. The van der Waals surface area contributed by atoms with Gasteiger partial charge in [0.15, 0.2) is 5.82 Å². The molecular weight excluding hydrogens is 841 g/mol. The summed E-state index contributed by atoms with van der Waals surface area (Å²) in [6.07, 6.45) is -9.75. The van der Waals surface area contributed by atoms with Crippen molar-refractivity contribution in [2.75, 3.05) is 37.3 Å². The first-order chi connectivity index (χ1) is 28.1. The Morgan fingerprint density at radius 3 is 2.16 bits per heavy atom. The summed E-state index contributed by atoms with van der Waals surface area (Å²) in [6, 6.07) is 5.93. The van der Waals surface area contributed by atoms with E-state index in [1.165, 1.54) is 12.1 Å². The fourth-order valence-corrected chi connectivity index (χ4v) is 6.68. The van der Waals surface area contributed by atoms with E-state index in [1.807, 2.05) is 9.30 Å². The molecule has 2 atom stereocenters. The summed E-state index contributed by atoms with van der Waals surface area (Å²) in [5.41, 5.74) is 6.73. The number of ether oxygens (including phenoxy) is 1. The van der Waals surface area contributed by atoms with Crippen molar-refractivity contribution in [2.24, 2.45) is 7.05 Å². The molecule has 1 aromatic carbocycles. The molecule has 2 fully saturated rings. The molecule has 25 heteroatoms. The number of benzene rings is 1. The van der Waals surface area contributed by atoms with E-state index in [0.29, 0.717) is 40.3 Å². The van der Waals surface area contributed by atoms with E-state index in [4.69, 9.17) is 35.3 Å². The van der Waals surface area contributed by atoms with Gasteiger partial charge >= 0.3 is 30.5 Å². The number of hydrogen-bond donors (Lipinski definition) is 4. The molecule has 2 aliphatic heterocycles. The third-order valence-corrected chi connectivity index (χ3v) is 9.64. The van der Waals surface area contributed by atoms with Crippen LogP contribution < -0.4 is 15.8 Å². The SMILES string of the molecule is CCOc1cc(C(=O)Nc2cc(C(F)(F)F)n(C)n2)ccc1-c1nc([C@@]2(C)CC[C@@H]3CN(C(C)C)CC(=O)N3C2)n2ccnc(N)c12.O=C(O)C(F)(F)F.O=C(O)C(F)(F)F. The van der Waals surface area contributed by atoms with Crippen LogP contribution in [0.5, 0.6) is 5.75 Å². The number of rotatable bonds is 7. The number of nitrogens with zero attached hydrogens (tertiary/aromatic N) is 7. The summed E-state index contributed by atoms with van der Waals surface area (Å²) >= 11 is 0. The molecule has 16 nitrogen and oxygen atoms in total. The Kier molecular flexibility index (Phi) is 13.9. The fourth-order valence-electron chi connectivity index (χ4n) is 6.68. The minimum atomic E-state index is -5.08. The number of piperazine rings is 1. The van der Waals surface area contributed by atoms with Gasteiger partial charge in [-0.05, 0) is 51.8 Å². The average Bonchev–Trinajstić information content (AvgIpc) is 3.73. The molecule has 4 aromatic rings. The van der Waals surface area contributed by atoms with Crippen molar-refractivity contribution in [1.82, 2.24) is 33.9 Å². The quantitative estimate of drug-likeness (QED) is 0.167. The minimum absolute atomic E-state index is 0.107. The summed E-state index contributed by atoms with van der Waals surface area (Å²) in [6.45, 7) is 10.1. The van der Waals surface area contributed by atoms with Crippen LogP contribution in [0.2, 0.25) is 0 Å². The number of aryl methyl sites for hydroxylation is 1. The molecule has 61 heavy (non-hydrogen) atoms. The zero-order chi connectivity index (χ0) is 46.0. The van der Waals surface area contributed by atoms with Crippen LogP contribution in [0.25, 0.3) is 16.8 Å². The lowest BCUT2D eigenvalue weighted by Crippen LogP contribution is -2.63. The smallest absolute Gasteiger partial charge is 0.490 e. The van der Waals surface area contributed by atoms with E-state index in [1.54, 1.807) is 25.4 Å². The Morgan fingerprint density at radius 1 is 1.03 bits per heavy atom. The van der Waals surface area contributed by atoms with Gasteiger partial charge in [0.2, 0.25) is 5.91 Å². The van der Waals surface area contributed by atoms with Crippen molar-refractivity contribution < 1.29 is 73.6 Å². The van der Waals surface area contributed by atoms with Gasteiger partial charge in [-0.3, -0.25) is 23.6 Å². The van der Waals surface area contributed by atoms with Gasteiger partial charge in [-0.2, -0.15) is 44.6 Å². The van der Waals surface area contributed by atoms with Crippen LogP contribution in [0.1, 0.15) is 62.4 Å². The number of anilines is 2. The molecule has 2 saturated heterocycles. The monoisotopic (exact) mass is 881 g/mol. The summed E-state index contributed by atoms with van der Waals surface area (Å²) < 4.78 is 112. The van der Waals surface area contributed by atoms with E-state index in [0.717, 1.165) is 38.3 Å². The van der Waals surface area contributed by atoms with E-state index in [9.17, 15) is 49.1 Å². The maximum atomic E-state index is 13.3. The second kappa shape index (κ2) is 17.8. The van der Waals surface area contributed by atoms with Crippen LogP contribution in [-0.4, -0.2) is 119 Å². The number of aromatic nitrogens is 5. The van der Waals surface area contributed by atoms with Gasteiger partial charge in [-0.25, -0.2) is 19.6 Å². The maximum Gasteiger partial charge on any atom is 0.490 e. The highest BCUT2D eigenvalue weighted by atomic mass is 19.4. The molecule has 3 aromatic heterocycles. The number of carbonyl (C=O) groups is 4. The summed E-state index contributed by atoms with van der Waals surface area (Å²) in [4.78, 5) is 57.9. The Morgan fingerprint density at radius 2 is 1.64 bits per heavy atom. The molecule has 0 bridgehead atoms. The Hall–Kier alpha value is -6.14. The van der Waals surface area contributed by atoms with E-state index in [-0.39, 0.29) is 41.8 Å². The molecule has 6 rings (SSSR count). The molecule has 0 spiro atoms. The normalized spacial score (nSPS) is 18.4. The van der Waals surface area contributed by atoms with Gasteiger partial charge in [-0.15, -0.1) is 0 Å². The number of amides is 2. The van der Waals surface area contributed by atoms with Crippen molar-refractivity contribution in [1.29, 1.82) is 0 Å². The van der Waals surface area contributed by atoms with Crippen molar-refractivity contribution in [3.05, 3.63) is 53.7 Å². The molecular formula is C36H40F9N9O7. The number of carbonyl (C=O) groups excluding carboxylic acids is 2. The highest BCUT2D eigenvalue weighted by Crippen LogP contribution is 2.42. The third-order valence-electron chi connectivity index (χ3n) is 9.64. The Bertz CT molecular complexity index is 2250. The average molecular weight is 882 g/mol. The standard InChI is InChI=1S/C32H38F3N9O3.2C2HF3O2/c1-6-47-22-13-19(29(46)38-24-14-23(32(33,34)35)41(5)40-24)7-8-21(22)26-27-28(36)37-11-12-43(27)30(39-26)31(4)10-9-20-15-42(18(2)3)16-25(45)44(20)17-31;2*3-2(4,5)1(6)7/h7-8,11-14,18,20H,6,9-10,15-17H2,1-5H3,(H2,36,37)(H,38,40,46);2*(H,6,7)/t20-,31+;;/m1../s1. The molecule has 0 aliphatic carbocycles. The molecule has 2 aliphatic rings. The number of piperidine rings is 1. The van der Waals surface area contributed by atoms with Gasteiger partial charge in [-0.1, -0.05) is 6.92 Å². The molecule has 5 N–H and O–H groups in total. The molecule has 5 heterocycles. The van der Waals surface area contributed by atoms with Gasteiger partial charge in [0.25, 0.3) is 5.91 Å². The van der Waals surface area contributed by atoms with Gasteiger partial charge in [0.05, 0.1) is 13.2 Å². The first-order valence-electron chi connectivity index (χ1n) is 18.1. The number of halogens is 9. The van der Waals surface area contributed by atoms with Crippen LogP contribution in [0, 0.1) is 0 Å². The van der Waals surface area contributed by atoms with E-state index >= 15 is 0 Å². The van der Waals surface area contributed by atoms with Crippen molar-refractivity contribution in [3.63, 3.8) is 0 Å². The first kappa shape index (κ1) is 47.5. The predicted molar refractivity (Wildman–Crippen MR) is 196 cm³/mol. The molecule has 0 saturated carbocycles. The third kappa shape index (κ3) is 11.0. The van der Waals surface area contributed by atoms with Crippen LogP contribution in [0.4, 0.5) is 51.1 Å². The zero-order valence-electron chi connectivity index (χ0n) is 32.9. The number of carboxylic acids is 2. The lowest BCUT2D eigenvalue weighted by Gasteiger charge is -2.50. The Balaban J connectivity index is 0.000000504. The number of hydrogen-bond acceptors (Lipinski definition) is 10. The molecule has 2 amide bonds. The maximum absolute atomic E-state index is 13.3. The van der Waals surface area contributed by atoms with Gasteiger partial charge in [0.1, 0.15) is 34.3 Å². The number of nitrogens with two attached hydrogens (primary N) is 1. The summed E-state index contributed by atoms with van der Waals surface area (Å²) in [5.74, 6) is -4.99. The van der Waals surface area contributed by atoms with Gasteiger partial charge < -0.3 is 30.9 Å². The first-order valence-corrected chi connectivity index (χ1v) is 18.1. The second-order valence-electron chi connectivity index (χ2n) is 14.4. The van der Waals surface area contributed by atoms with Crippen LogP contribution in [-0.2, 0) is 33.0 Å². The van der Waals surface area contributed by atoms with Crippen molar-refractivity contribution >= 4 is 40.9 Å². The lowest BCUT2D eigenvalue weighted by atomic mass is 9.77. The molecule has 0 radical (unpaired) electrons. The zero-order valence-corrected chi connectivity index (χ0v) is 32.9. The van der Waals surface area contributed by atoms with Crippen molar-refractivity contribution in [3.8, 4) is 17.0 Å². The summed E-state index contributed by atoms with van der Waals surface area (Å²) in [5, 5.41) is 20.5. The topological polar surface area (TPSA) is 211 Å². The Labute approximate surface area is 340 Å². The lowest BCUT2D eigenvalue weighted by molar-refractivity contribution is -0.193. The van der Waals surface area contributed by atoms with E-state index < -0.39 is 47.5 Å². The molecule has 334 valence electrons. The number of aliphatic carboxylic acids is 2. The number of nitrogens with one attached hydrogen (secondary N) is 1. The van der Waals surface area contributed by atoms with Crippen LogP contribution in [0.15, 0.2) is 36.7 Å². The minimum Gasteiger partial charge on any atom is -0.493 e. The number of nitrogen functional groups attached to an aromatic ring is 1. The van der Waals surface area contributed by atoms with Crippen LogP contribution >= 0.6 is 0 Å². The second-order valence-corrected chi connectivity index (χ2v) is 14.4. The largest absolute Gasteiger partial charge is 0.493 e. The number of carboxylic acid groups (broad SMARTS) is 2. The highest BCUT2D eigenvalue weighted by Gasteiger charge is 2.46.